The van der Waals surface area contributed by atoms with Crippen LogP contribution in [-0.4, -0.2) is 190 Å². The average Bonchev–Trinajstić information content (AvgIpc) is 1.77. The highest BCUT2D eigenvalue weighted by atomic mass is 32.2. The summed E-state index contributed by atoms with van der Waals surface area (Å²) in [6, 6.07) is 0. The van der Waals surface area contributed by atoms with Crippen LogP contribution in [0.4, 0.5) is 70.2 Å². The monoisotopic (exact) mass is 1650 g/mol. The summed E-state index contributed by atoms with van der Waals surface area (Å²) >= 11 is 0. The van der Waals surface area contributed by atoms with Gasteiger partial charge in [0.25, 0.3) is 0 Å². The van der Waals surface area contributed by atoms with E-state index < -0.39 is 213 Å². The molecule has 0 radical (unpaired) electrons. The SMILES string of the molecule is CCC(C)(O)CC.CCC(C)(O)CC.CCC(C)(O)CC.CCC(O)(CC)C1CC1C(=O)OCCC(F)(F)C(F)(F)S(=O)(=O)[O-].O=C(OCCC(F)(F)C(F)(F)S(=O)(=O)[O-])C1CCC1.O=C(OCCC(F)(F)C(F)(F)S(=O)(=O)[O-])C1CCCC1.O=C(OCCC(F)(F)C(F)(F)S(=O)(=O)[O-])C1CCCCC1. The molecule has 0 heterocycles. The Kier molecular flexibility index (Phi) is 42.8. The number of hydrogen-bond acceptors (Lipinski definition) is 24. The first kappa shape index (κ1) is 105. The van der Waals surface area contributed by atoms with Gasteiger partial charge in [0, 0.05) is 5.92 Å². The fourth-order valence-corrected chi connectivity index (χ4v) is 10.5. The van der Waals surface area contributed by atoms with Crippen molar-refractivity contribution in [3.8, 4) is 0 Å². The van der Waals surface area contributed by atoms with E-state index in [1.54, 1.807) is 13.8 Å². The van der Waals surface area contributed by atoms with Gasteiger partial charge in [0.2, 0.25) is 0 Å². The van der Waals surface area contributed by atoms with Crippen molar-refractivity contribution in [3.05, 3.63) is 0 Å². The minimum Gasteiger partial charge on any atom is -0.743 e. The number of aliphatic hydroxyl groups is 4. The van der Waals surface area contributed by atoms with Gasteiger partial charge in [-0.2, -0.15) is 70.2 Å². The van der Waals surface area contributed by atoms with Crippen LogP contribution >= 0.6 is 0 Å². The molecule has 4 N–H and O–H groups in total. The van der Waals surface area contributed by atoms with E-state index in [1.165, 1.54) is 0 Å². The van der Waals surface area contributed by atoms with E-state index in [4.69, 9.17) is 15.3 Å². The lowest BCUT2D eigenvalue weighted by atomic mass is 9.86. The van der Waals surface area contributed by atoms with Crippen LogP contribution < -0.4 is 0 Å². The molecule has 0 aromatic rings. The van der Waals surface area contributed by atoms with Gasteiger partial charge in [0.1, 0.15) is 0 Å². The maximum atomic E-state index is 13.2. The van der Waals surface area contributed by atoms with Crippen LogP contribution in [-0.2, 0) is 78.6 Å². The van der Waals surface area contributed by atoms with Gasteiger partial charge >= 0.3 is 68.6 Å². The van der Waals surface area contributed by atoms with Crippen LogP contribution in [0.25, 0.3) is 0 Å². The quantitative estimate of drug-likeness (QED) is 0.0205. The van der Waals surface area contributed by atoms with Crippen molar-refractivity contribution in [1.29, 1.82) is 0 Å². The van der Waals surface area contributed by atoms with E-state index in [0.717, 1.165) is 77.0 Å². The second kappa shape index (κ2) is 42.6. The molecule has 2 unspecified atom stereocenters. The molecule has 0 aromatic heterocycles. The molecule has 0 aromatic carbocycles. The Morgan fingerprint density at radius 3 is 0.686 bits per heavy atom. The van der Waals surface area contributed by atoms with Gasteiger partial charge in [0.05, 0.1) is 98.2 Å². The second-order valence-electron chi connectivity index (χ2n) is 26.2. The van der Waals surface area contributed by atoms with Crippen LogP contribution in [0, 0.1) is 29.6 Å². The Morgan fingerprint density at radius 1 is 0.333 bits per heavy atom. The fraction of sp³-hybridized carbons (Fsp3) is 0.934. The first-order valence-corrected chi connectivity index (χ1v) is 39.1. The summed E-state index contributed by atoms with van der Waals surface area (Å²) in [7, 11) is -26.1. The lowest BCUT2D eigenvalue weighted by Gasteiger charge is -2.28. The number of alkyl halides is 16. The smallest absolute Gasteiger partial charge is 0.396 e. The highest BCUT2D eigenvalue weighted by Crippen LogP contribution is 2.51. The lowest BCUT2D eigenvalue weighted by molar-refractivity contribution is -0.177. The predicted octanol–water partition coefficient (Wildman–Crippen LogP) is 12.2. The molecule has 0 saturated heterocycles. The maximum Gasteiger partial charge on any atom is 0.396 e. The minimum absolute atomic E-state index is 0.290. The van der Waals surface area contributed by atoms with Gasteiger partial charge in [-0.3, -0.25) is 19.2 Å². The number of hydrogen-bond donors (Lipinski definition) is 4. The average molecular weight is 1650 g/mol. The molecule has 4 saturated carbocycles. The Bertz CT molecular complexity index is 3050. The largest absolute Gasteiger partial charge is 0.743 e. The van der Waals surface area contributed by atoms with E-state index in [2.05, 4.69) is 18.9 Å². The summed E-state index contributed by atoms with van der Waals surface area (Å²) in [4.78, 5) is 45.6. The predicted molar refractivity (Wildman–Crippen MR) is 337 cm³/mol. The molecule has 0 spiro atoms. The van der Waals surface area contributed by atoms with Crippen molar-refractivity contribution in [2.75, 3.05) is 26.4 Å². The van der Waals surface area contributed by atoms with Gasteiger partial charge in [-0.25, -0.2) is 33.7 Å². The molecule has 4 rings (SSSR count). The molecule has 44 heteroatoms. The minimum atomic E-state index is -6.56. The van der Waals surface area contributed by atoms with Gasteiger partial charge in [0.15, 0.2) is 40.5 Å². The number of halogens is 16. The summed E-state index contributed by atoms with van der Waals surface area (Å²) in [6.07, 6.45) is 7.31. The maximum absolute atomic E-state index is 13.2. The van der Waals surface area contributed by atoms with Crippen LogP contribution in [0.3, 0.4) is 0 Å². The third-order valence-corrected chi connectivity index (χ3v) is 22.0. The van der Waals surface area contributed by atoms with Crippen molar-refractivity contribution in [2.24, 2.45) is 29.6 Å². The third-order valence-electron chi connectivity index (χ3n) is 18.2. The van der Waals surface area contributed by atoms with Crippen molar-refractivity contribution >= 4 is 64.3 Å². The summed E-state index contributed by atoms with van der Waals surface area (Å²) in [5, 5.41) is 14.6. The van der Waals surface area contributed by atoms with Crippen LogP contribution in [0.1, 0.15) is 237 Å². The molecule has 105 heavy (non-hydrogen) atoms. The van der Waals surface area contributed by atoms with Crippen molar-refractivity contribution in [3.63, 3.8) is 0 Å². The first-order valence-electron chi connectivity index (χ1n) is 33.5. The van der Waals surface area contributed by atoms with Crippen LogP contribution in [0.15, 0.2) is 0 Å². The van der Waals surface area contributed by atoms with E-state index in [0.29, 0.717) is 57.8 Å². The zero-order valence-corrected chi connectivity index (χ0v) is 63.3. The Balaban J connectivity index is -0.00000121. The highest BCUT2D eigenvalue weighted by Gasteiger charge is 2.64. The van der Waals surface area contributed by atoms with Gasteiger partial charge < -0.3 is 57.6 Å². The molecule has 4 aliphatic carbocycles. The molecule has 628 valence electrons. The lowest BCUT2D eigenvalue weighted by Crippen LogP contribution is -2.47. The van der Waals surface area contributed by atoms with E-state index in [9.17, 15) is 146 Å². The van der Waals surface area contributed by atoms with E-state index >= 15 is 0 Å². The number of carbonyl (C=O) groups is 4. The Labute approximate surface area is 602 Å². The topological polar surface area (TPSA) is 415 Å². The van der Waals surface area contributed by atoms with Crippen LogP contribution in [0.5, 0.6) is 0 Å². The zero-order valence-electron chi connectivity index (χ0n) is 60.0. The summed E-state index contributed by atoms with van der Waals surface area (Å²) < 4.78 is 346. The Hall–Kier alpha value is -3.76. The molecule has 0 aliphatic heterocycles. The van der Waals surface area contributed by atoms with Gasteiger partial charge in [-0.1, -0.05) is 93.9 Å². The summed E-state index contributed by atoms with van der Waals surface area (Å²) in [6.45, 7) is 16.5. The van der Waals surface area contributed by atoms with Crippen molar-refractivity contribution in [2.45, 2.75) is 304 Å². The standard InChI is InChI=1S/C13H20F4O6S.C11H16F4O5S.C10H14F4O5S.C9H12F4O5S.3C6H14O/c1-3-11(19,4-2)9-7-8(9)10(18)23-6-5-12(14,15)13(16,17)24(20,21)22;12-10(13,11(14,15)21(17,18)19)6-7-20-9(16)8-4-2-1-3-5-8;11-9(12,10(13,14)20(16,17)18)5-6-19-8(15)7-3-1-2-4-7;10-8(11,9(12,13)19(15,16)17)4-5-18-7(14)6-2-1-3-6;3*1-4-6(3,7)5-2/h8-9,19H,3-7H2,1-2H3,(H,20,21,22);8H,1-7H2,(H,17,18,19);7H,1-6H2,(H,16,17,18);6H,1-5H2,(H,15,16,17);3*7H,4-5H2,1-3H3/p-4. The van der Waals surface area contributed by atoms with Gasteiger partial charge in [-0.05, 0) is 117 Å². The Morgan fingerprint density at radius 2 is 0.524 bits per heavy atom. The molecular formula is C61H100F16O24S4-4. The number of rotatable bonds is 33. The summed E-state index contributed by atoms with van der Waals surface area (Å²) in [5.41, 5.74) is -2.34. The molecule has 2 atom stereocenters. The van der Waals surface area contributed by atoms with Crippen LogP contribution in [0.2, 0.25) is 0 Å². The molecule has 0 amide bonds. The molecule has 4 fully saturated rings. The zero-order chi connectivity index (χ0) is 83.5. The second-order valence-corrected chi connectivity index (χ2v) is 31.9. The molecular weight excluding hydrogens is 1550 g/mol. The van der Waals surface area contributed by atoms with E-state index in [-0.39, 0.29) is 0 Å². The van der Waals surface area contributed by atoms with Crippen molar-refractivity contribution < 1.29 is 181 Å². The first-order chi connectivity index (χ1) is 47.1. The number of esters is 4. The fourth-order valence-electron chi connectivity index (χ4n) is 8.61. The normalized spacial score (nSPS) is 17.9. The van der Waals surface area contributed by atoms with Crippen molar-refractivity contribution in [1.82, 2.24) is 0 Å². The summed E-state index contributed by atoms with van der Waals surface area (Å²) in [5.74, 6) is -26.1. The third kappa shape index (κ3) is 33.8. The van der Waals surface area contributed by atoms with Gasteiger partial charge in [-0.15, -0.1) is 0 Å². The van der Waals surface area contributed by atoms with E-state index in [1.807, 2.05) is 62.3 Å². The molecule has 4 aliphatic rings. The molecule has 24 nitrogen and oxygen atoms in total. The number of ether oxygens (including phenoxy) is 4. The molecule has 0 bridgehead atoms. The number of carbonyl (C=O) groups excluding carboxylic acids is 4. The highest BCUT2D eigenvalue weighted by molar-refractivity contribution is 7.87.